The Balaban J connectivity index is 1.76. The van der Waals surface area contributed by atoms with E-state index in [0.717, 1.165) is 5.46 Å². The zero-order chi connectivity index (χ0) is 17.6. The van der Waals surface area contributed by atoms with Crippen molar-refractivity contribution in [2.45, 2.75) is 45.8 Å². The summed E-state index contributed by atoms with van der Waals surface area (Å²) in [4.78, 5) is 0. The van der Waals surface area contributed by atoms with E-state index in [1.807, 2.05) is 39.8 Å². The highest BCUT2D eigenvalue weighted by Crippen LogP contribution is 2.36. The molecule has 0 amide bonds. The average Bonchev–Trinajstić information content (AvgIpc) is 2.71. The maximum absolute atomic E-state index is 9.46. The van der Waals surface area contributed by atoms with Crippen LogP contribution in [-0.4, -0.2) is 38.1 Å². The van der Waals surface area contributed by atoms with Crippen LogP contribution in [0.1, 0.15) is 40.2 Å². The van der Waals surface area contributed by atoms with Gasteiger partial charge in [-0.05, 0) is 45.3 Å². The average molecular weight is 329 g/mol. The largest absolute Gasteiger partial charge is 0.494 e. The van der Waals surface area contributed by atoms with Crippen molar-refractivity contribution >= 4 is 12.6 Å². The molecular weight excluding hydrogens is 305 g/mol. The van der Waals surface area contributed by atoms with Gasteiger partial charge in [-0.15, -0.1) is 0 Å². The number of ether oxygens (including phenoxy) is 2. The van der Waals surface area contributed by atoms with E-state index in [-0.39, 0.29) is 5.41 Å². The Morgan fingerprint density at radius 2 is 1.75 bits per heavy atom. The van der Waals surface area contributed by atoms with Crippen LogP contribution >= 0.6 is 0 Å². The minimum absolute atomic E-state index is 0.0388. The fourth-order valence-electron chi connectivity index (χ4n) is 2.67. The Hall–Kier alpha value is -1.55. The SMILES string of the molecule is CC1(COc2ccc(B3OC(C)(C)C(C)(C)O3)cc2C#N)COC1. The molecule has 0 aromatic heterocycles. The summed E-state index contributed by atoms with van der Waals surface area (Å²) in [5.41, 5.74) is 0.551. The molecule has 0 spiro atoms. The molecule has 0 radical (unpaired) electrons. The summed E-state index contributed by atoms with van der Waals surface area (Å²) in [6.45, 7) is 12.1. The Bertz CT molecular complexity index is 660. The second-order valence-corrected chi connectivity index (χ2v) is 8.05. The zero-order valence-corrected chi connectivity index (χ0v) is 15.0. The monoisotopic (exact) mass is 329 g/mol. The van der Waals surface area contributed by atoms with Gasteiger partial charge in [0.15, 0.2) is 0 Å². The van der Waals surface area contributed by atoms with Crippen LogP contribution < -0.4 is 10.2 Å². The third-order valence-corrected chi connectivity index (χ3v) is 5.13. The molecule has 0 aliphatic carbocycles. The fourth-order valence-corrected chi connectivity index (χ4v) is 2.67. The van der Waals surface area contributed by atoms with Gasteiger partial charge in [-0.1, -0.05) is 13.0 Å². The summed E-state index contributed by atoms with van der Waals surface area (Å²) in [7, 11) is -0.478. The standard InChI is InChI=1S/C18H24BNO4/c1-16(2)17(3,4)24-19(23-16)14-6-7-15(13(8-14)9-20)22-12-18(5)10-21-11-18/h6-8H,10-12H2,1-5H3. The van der Waals surface area contributed by atoms with Crippen LogP contribution in [0.4, 0.5) is 0 Å². The van der Waals surface area contributed by atoms with Crippen LogP contribution in [0.15, 0.2) is 18.2 Å². The van der Waals surface area contributed by atoms with Crippen molar-refractivity contribution in [1.29, 1.82) is 5.26 Å². The van der Waals surface area contributed by atoms with Crippen LogP contribution in [0.2, 0.25) is 0 Å². The van der Waals surface area contributed by atoms with E-state index in [2.05, 4.69) is 13.0 Å². The molecule has 128 valence electrons. The van der Waals surface area contributed by atoms with E-state index in [1.165, 1.54) is 0 Å². The second kappa shape index (κ2) is 5.77. The molecule has 2 heterocycles. The van der Waals surface area contributed by atoms with E-state index in [4.69, 9.17) is 18.8 Å². The van der Waals surface area contributed by atoms with Gasteiger partial charge < -0.3 is 18.8 Å². The lowest BCUT2D eigenvalue weighted by Gasteiger charge is -2.37. The molecule has 2 aliphatic rings. The molecule has 3 rings (SSSR count). The molecule has 2 fully saturated rings. The van der Waals surface area contributed by atoms with E-state index in [0.29, 0.717) is 31.1 Å². The van der Waals surface area contributed by atoms with Crippen molar-refractivity contribution in [2.24, 2.45) is 5.41 Å². The number of hydrogen-bond donors (Lipinski definition) is 0. The summed E-state index contributed by atoms with van der Waals surface area (Å²) in [6, 6.07) is 7.72. The molecule has 0 atom stereocenters. The van der Waals surface area contributed by atoms with E-state index >= 15 is 0 Å². The third kappa shape index (κ3) is 3.04. The summed E-state index contributed by atoms with van der Waals surface area (Å²) in [6.07, 6.45) is 0. The van der Waals surface area contributed by atoms with Crippen LogP contribution in [-0.2, 0) is 14.0 Å². The topological polar surface area (TPSA) is 60.7 Å². The molecule has 6 heteroatoms. The maximum atomic E-state index is 9.46. The molecular formula is C18H24BNO4. The molecule has 2 aliphatic heterocycles. The highest BCUT2D eigenvalue weighted by atomic mass is 16.7. The Morgan fingerprint density at radius 3 is 2.25 bits per heavy atom. The Labute approximate surface area is 144 Å². The normalized spacial score (nSPS) is 23.4. The molecule has 5 nitrogen and oxygen atoms in total. The summed E-state index contributed by atoms with van der Waals surface area (Å²) >= 11 is 0. The van der Waals surface area contributed by atoms with Gasteiger partial charge in [0.25, 0.3) is 0 Å². The van der Waals surface area contributed by atoms with E-state index < -0.39 is 18.3 Å². The number of rotatable bonds is 4. The van der Waals surface area contributed by atoms with Crippen molar-refractivity contribution in [3.05, 3.63) is 23.8 Å². The second-order valence-electron chi connectivity index (χ2n) is 8.05. The molecule has 0 unspecified atom stereocenters. The first-order valence-electron chi connectivity index (χ1n) is 8.26. The van der Waals surface area contributed by atoms with E-state index in [1.54, 1.807) is 6.07 Å². The molecule has 1 aromatic rings. The lowest BCUT2D eigenvalue weighted by atomic mass is 9.78. The summed E-state index contributed by atoms with van der Waals surface area (Å²) in [5, 5.41) is 9.46. The minimum atomic E-state index is -0.478. The lowest BCUT2D eigenvalue weighted by Crippen LogP contribution is -2.44. The number of nitrogens with zero attached hydrogens (tertiary/aromatic N) is 1. The summed E-state index contributed by atoms with van der Waals surface area (Å²) in [5.74, 6) is 0.589. The lowest BCUT2D eigenvalue weighted by molar-refractivity contribution is -0.120. The number of hydrogen-bond acceptors (Lipinski definition) is 5. The van der Waals surface area contributed by atoms with E-state index in [9.17, 15) is 5.26 Å². The fraction of sp³-hybridized carbons (Fsp3) is 0.611. The zero-order valence-electron chi connectivity index (χ0n) is 15.0. The van der Waals surface area contributed by atoms with Gasteiger partial charge in [-0.2, -0.15) is 5.26 Å². The number of nitriles is 1. The van der Waals surface area contributed by atoms with Crippen LogP contribution in [0.3, 0.4) is 0 Å². The van der Waals surface area contributed by atoms with Crippen molar-refractivity contribution < 1.29 is 18.8 Å². The molecule has 0 N–H and O–H groups in total. The van der Waals surface area contributed by atoms with Gasteiger partial charge in [0.05, 0.1) is 36.6 Å². The third-order valence-electron chi connectivity index (χ3n) is 5.13. The van der Waals surface area contributed by atoms with Crippen molar-refractivity contribution in [2.75, 3.05) is 19.8 Å². The van der Waals surface area contributed by atoms with Crippen molar-refractivity contribution in [3.8, 4) is 11.8 Å². The first-order chi connectivity index (χ1) is 11.2. The van der Waals surface area contributed by atoms with Gasteiger partial charge in [-0.25, -0.2) is 0 Å². The smallest absolute Gasteiger partial charge is 0.491 e. The predicted octanol–water partition coefficient (Wildman–Crippen LogP) is 2.27. The van der Waals surface area contributed by atoms with Crippen molar-refractivity contribution in [1.82, 2.24) is 0 Å². The maximum Gasteiger partial charge on any atom is 0.494 e. The quantitative estimate of drug-likeness (QED) is 0.793. The van der Waals surface area contributed by atoms with Gasteiger partial charge >= 0.3 is 7.12 Å². The molecule has 0 saturated carbocycles. The van der Waals surface area contributed by atoms with Crippen LogP contribution in [0, 0.1) is 16.7 Å². The predicted molar refractivity (Wildman–Crippen MR) is 91.3 cm³/mol. The first kappa shape index (κ1) is 17.3. The summed E-state index contributed by atoms with van der Waals surface area (Å²) < 4.78 is 23.2. The molecule has 24 heavy (non-hydrogen) atoms. The Morgan fingerprint density at radius 1 is 1.12 bits per heavy atom. The highest BCUT2D eigenvalue weighted by molar-refractivity contribution is 6.62. The Kier molecular flexibility index (Phi) is 4.15. The van der Waals surface area contributed by atoms with Crippen LogP contribution in [0.25, 0.3) is 0 Å². The molecule has 1 aromatic carbocycles. The molecule has 2 saturated heterocycles. The first-order valence-corrected chi connectivity index (χ1v) is 8.26. The van der Waals surface area contributed by atoms with Gasteiger partial charge in [0, 0.05) is 5.41 Å². The van der Waals surface area contributed by atoms with Crippen molar-refractivity contribution in [3.63, 3.8) is 0 Å². The molecule has 0 bridgehead atoms. The van der Waals surface area contributed by atoms with Crippen LogP contribution in [0.5, 0.6) is 5.75 Å². The highest BCUT2D eigenvalue weighted by Gasteiger charge is 2.51. The number of benzene rings is 1. The van der Waals surface area contributed by atoms with Gasteiger partial charge in [0.2, 0.25) is 0 Å². The van der Waals surface area contributed by atoms with Gasteiger partial charge in [-0.3, -0.25) is 0 Å². The minimum Gasteiger partial charge on any atom is -0.491 e. The van der Waals surface area contributed by atoms with Gasteiger partial charge in [0.1, 0.15) is 11.8 Å².